The Kier molecular flexibility index (Phi) is 56.7. The summed E-state index contributed by atoms with van der Waals surface area (Å²) in [6, 6.07) is 70.5. The van der Waals surface area contributed by atoms with Gasteiger partial charge in [0.1, 0.15) is 11.5 Å². The molecule has 0 aliphatic rings. The largest absolute Gasteiger partial charge is 0.477 e. The first-order chi connectivity index (χ1) is 61.7. The molecule has 0 amide bonds. The van der Waals surface area contributed by atoms with Crippen LogP contribution in [-0.2, 0) is 161 Å². The van der Waals surface area contributed by atoms with Gasteiger partial charge in [-0.2, -0.15) is 0 Å². The quantitative estimate of drug-likeness (QED) is 0.0834. The fraction of sp³-hybridized carbons (Fsp3) is 0.0505. The summed E-state index contributed by atoms with van der Waals surface area (Å²) in [7, 11) is 0. The Bertz CT molecular complexity index is 6330. The number of aromatic nitrogens is 9. The molecule has 0 aliphatic carbocycles. The van der Waals surface area contributed by atoms with E-state index < -0.39 is 116 Å². The van der Waals surface area contributed by atoms with E-state index in [0.29, 0.717) is 52.4 Å². The number of aromatic carboxylic acids is 1. The molecule has 0 unspecified atom stereocenters. The van der Waals surface area contributed by atoms with Crippen LogP contribution >= 0.6 is 0 Å². The molecule has 17 aromatic rings. The topological polar surface area (TPSA) is 153 Å². The number of nitrogens with zero attached hydrogens (tertiary/aromatic N) is 9. The van der Waals surface area contributed by atoms with Crippen LogP contribution in [0.25, 0.3) is 90.1 Å². The zero-order chi connectivity index (χ0) is 93.4. The maximum atomic E-state index is 13.4. The number of pyridine rings is 9. The van der Waals surface area contributed by atoms with Crippen molar-refractivity contribution in [3.63, 3.8) is 0 Å². The van der Waals surface area contributed by atoms with Crippen LogP contribution in [0.2, 0.25) is 0 Å². The Hall–Kier alpha value is -10.6. The molecule has 0 bridgehead atoms. The van der Waals surface area contributed by atoms with Crippen molar-refractivity contribution >= 4 is 5.97 Å². The average molecular weight is 3310 g/mol. The summed E-state index contributed by atoms with van der Waals surface area (Å²) in [6.07, 6.45) is 8.81. The van der Waals surface area contributed by atoms with Crippen LogP contribution in [0, 0.1) is 194 Å². The Labute approximate surface area is 881 Å². The van der Waals surface area contributed by atoms with Gasteiger partial charge in [-0.25, -0.2) is 27.3 Å². The Balaban J connectivity index is 0.000000767. The standard InChI is InChI=1S/C12H7F3N.4C12H8F2N.2C11H5F3N.C11H6F2N.C6H5NO2.8Ir/c1-7-3-2-4-12(16-7)8-5-10(14)11(15)6-9(8)13;2*1-8-4-5-15-12(6-8)10-3-2-9(13)7-11(10)14;1-8-3-2-4-12(15-8)10-7-9(13)5-6-11(10)14;1-8-3-2-4-12(15-8)10-6-5-9(13)7-11(10)14;12-7-1-2-9(10(14)5-7)11-6-8(13)3-4-15-11;12-8-6-10(14)9(13)5-7(8)11-3-1-2-4-15-11;12-8-4-5-9(10(13)7-8)11-3-1-2-6-14-11;8-6(9)5-3-1-2-4-7-5;;;;;;;;/h2-4,6H,1H3;2*2,4-7H,1H3;2-6H,1H3;2-5,7H,1H3;1,3-6H;1-4,6H;1-4,6-7H;1-4H,(H,8,9);;;;;;;;/q8*-1;;;;;;;;;. The third kappa shape index (κ3) is 39.7. The van der Waals surface area contributed by atoms with Crippen LogP contribution in [0.15, 0.2) is 268 Å². The molecule has 1 N–H and O–H groups in total. The number of carbonyl (C=O) groups is 1. The van der Waals surface area contributed by atoms with Gasteiger partial charge < -0.3 is 45.0 Å². The monoisotopic (exact) mass is 3310 g/mol. The number of benzene rings is 8. The van der Waals surface area contributed by atoms with E-state index in [2.05, 4.69) is 81.3 Å². The fourth-order valence-electron chi connectivity index (χ4n) is 10.6. The maximum absolute atomic E-state index is 13.4. The zero-order valence-corrected chi connectivity index (χ0v) is 89.3. The first-order valence-corrected chi connectivity index (χ1v) is 37.3. The molecule has 726 valence electrons. The van der Waals surface area contributed by atoms with Crippen molar-refractivity contribution in [1.82, 2.24) is 44.9 Å². The van der Waals surface area contributed by atoms with E-state index in [1.54, 1.807) is 129 Å². The number of carboxylic acids is 1. The molecule has 8 aromatic carbocycles. The molecule has 0 saturated carbocycles. The van der Waals surface area contributed by atoms with Gasteiger partial charge in [0.2, 0.25) is 0 Å². The molecule has 11 nitrogen and oxygen atoms in total. The second-order valence-electron chi connectivity index (χ2n) is 26.3. The van der Waals surface area contributed by atoms with Gasteiger partial charge in [0.25, 0.3) is 0 Å². The van der Waals surface area contributed by atoms with Gasteiger partial charge in [-0.1, -0.05) is 189 Å². The molecule has 17 rings (SSSR count). The van der Waals surface area contributed by atoms with Crippen LogP contribution in [0.5, 0.6) is 0 Å². The number of carboxylic acid groups (broad SMARTS) is 1. The van der Waals surface area contributed by atoms with E-state index >= 15 is 0 Å². The molecule has 0 spiro atoms. The SMILES string of the molecule is Cc1cccc(-c2[c-]c(F)c(F)cc2F)n1.Cc1cccc(-c2[c-]c(F)ccc2F)n1.Cc1cccc(-c2[c-]cc(F)cc2F)n1.Cc1ccnc(-c2[c-]cc(F)cc2F)c1.Cc1ccnc(-c2[c-]cc(F)cc2F)c1.Fc1[c-]c(-c2ccccn2)c(F)cc1F.Fc1c[c-]c(-c2ccccn2)c(F)c1.Fc1ccnc(-c2[c-]cc(F)cc2F)c1.O=C(O)c1ccccn1.[Ir].[Ir].[Ir].[Ir].[Ir].[Ir].[Ir].[Ir]. The van der Waals surface area contributed by atoms with Crippen LogP contribution in [-0.4, -0.2) is 55.9 Å². The summed E-state index contributed by atoms with van der Waals surface area (Å²) in [4.78, 5) is 45.5. The smallest absolute Gasteiger partial charge is 0.354 e. The van der Waals surface area contributed by atoms with Crippen molar-refractivity contribution in [3.05, 3.63) is 461 Å². The van der Waals surface area contributed by atoms with Crippen molar-refractivity contribution in [2.75, 3.05) is 0 Å². The van der Waals surface area contributed by atoms with Gasteiger partial charge >= 0.3 is 5.97 Å². The molecular formula is C99H60F19Ir8N9O2-8. The summed E-state index contributed by atoms with van der Waals surface area (Å²) < 4.78 is 246. The molecule has 0 atom stereocenters. The van der Waals surface area contributed by atoms with E-state index in [1.165, 1.54) is 36.8 Å². The maximum Gasteiger partial charge on any atom is 0.354 e. The molecule has 8 radical (unpaired) electrons. The predicted molar refractivity (Wildman–Crippen MR) is 442 cm³/mol. The van der Waals surface area contributed by atoms with Gasteiger partial charge in [-0.3, -0.25) is 65.9 Å². The minimum atomic E-state index is -1.26. The van der Waals surface area contributed by atoms with E-state index in [1.807, 2.05) is 51.1 Å². The Morgan fingerprint density at radius 3 is 0.832 bits per heavy atom. The van der Waals surface area contributed by atoms with Crippen molar-refractivity contribution in [2.24, 2.45) is 0 Å². The van der Waals surface area contributed by atoms with E-state index in [-0.39, 0.29) is 228 Å². The number of hydrogen-bond donors (Lipinski definition) is 1. The Morgan fingerprint density at radius 2 is 0.526 bits per heavy atom. The third-order valence-corrected chi connectivity index (χ3v) is 16.5. The van der Waals surface area contributed by atoms with Crippen molar-refractivity contribution in [1.29, 1.82) is 0 Å². The number of hydrogen-bond acceptors (Lipinski definition) is 10. The molecule has 9 aromatic heterocycles. The molecular weight excluding hydrogens is 3250 g/mol. The minimum Gasteiger partial charge on any atom is -0.477 e. The van der Waals surface area contributed by atoms with Crippen LogP contribution < -0.4 is 0 Å². The molecule has 9 heterocycles. The van der Waals surface area contributed by atoms with Gasteiger partial charge in [-0.15, -0.1) is 78.9 Å². The number of halogens is 19. The average Bonchev–Trinajstić information content (AvgIpc) is 0.496. The van der Waals surface area contributed by atoms with Gasteiger partial charge in [0.15, 0.2) is 0 Å². The predicted octanol–water partition coefficient (Wildman–Crippen LogP) is 25.3. The molecule has 137 heavy (non-hydrogen) atoms. The molecule has 0 fully saturated rings. The van der Waals surface area contributed by atoms with E-state index in [0.717, 1.165) is 101 Å². The van der Waals surface area contributed by atoms with Crippen LogP contribution in [0.1, 0.15) is 38.7 Å². The van der Waals surface area contributed by atoms with Crippen LogP contribution in [0.4, 0.5) is 83.4 Å². The van der Waals surface area contributed by atoms with Crippen molar-refractivity contribution in [2.45, 2.75) is 34.6 Å². The summed E-state index contributed by atoms with van der Waals surface area (Å²) in [5.41, 5.74) is 7.46. The molecule has 0 aliphatic heterocycles. The minimum absolute atomic E-state index is 0. The third-order valence-electron chi connectivity index (χ3n) is 16.5. The fourth-order valence-corrected chi connectivity index (χ4v) is 10.6. The molecule has 38 heteroatoms. The van der Waals surface area contributed by atoms with E-state index in [4.69, 9.17) is 5.11 Å². The van der Waals surface area contributed by atoms with Crippen molar-refractivity contribution in [3.8, 4) is 90.1 Å². The summed E-state index contributed by atoms with van der Waals surface area (Å²) >= 11 is 0. The summed E-state index contributed by atoms with van der Waals surface area (Å²) in [5, 5.41) is 8.32. The van der Waals surface area contributed by atoms with Gasteiger partial charge in [0.05, 0.1) is 23.3 Å². The first kappa shape index (κ1) is 124. The van der Waals surface area contributed by atoms with Gasteiger partial charge in [0, 0.05) is 297 Å². The van der Waals surface area contributed by atoms with Crippen molar-refractivity contribution < 1.29 is 254 Å². The zero-order valence-electron chi connectivity index (χ0n) is 70.1. The van der Waals surface area contributed by atoms with E-state index in [9.17, 15) is 88.2 Å². The van der Waals surface area contributed by atoms with Crippen LogP contribution in [0.3, 0.4) is 0 Å². The summed E-state index contributed by atoms with van der Waals surface area (Å²) in [6.45, 7) is 9.09. The van der Waals surface area contributed by atoms with Gasteiger partial charge in [-0.05, 0) is 147 Å². The second kappa shape index (κ2) is 62.4. The second-order valence-corrected chi connectivity index (χ2v) is 26.3. The Morgan fingerprint density at radius 1 is 0.241 bits per heavy atom. The number of aryl methyl sites for hydroxylation is 5. The first-order valence-electron chi connectivity index (χ1n) is 37.3. The molecule has 0 saturated heterocycles. The summed E-state index contributed by atoms with van der Waals surface area (Å²) in [5.74, 6) is -16.0. The number of rotatable bonds is 9. The normalized spacial score (nSPS) is 9.64.